The summed E-state index contributed by atoms with van der Waals surface area (Å²) in [5.41, 5.74) is 1.49. The standard InChI is InChI=1S/C12H16F2N2O2/c1-9-3-2-4-10(7-9)15-12(18)16(5-6-17)8-11(13)14/h2-4,7,11,17H,5-6,8H2,1H3,(H,15,18). The van der Waals surface area contributed by atoms with E-state index in [1.807, 2.05) is 13.0 Å². The van der Waals surface area contributed by atoms with E-state index in [1.165, 1.54) is 0 Å². The predicted molar refractivity (Wildman–Crippen MR) is 64.9 cm³/mol. The molecule has 1 aromatic rings. The quantitative estimate of drug-likeness (QED) is 0.849. The van der Waals surface area contributed by atoms with Crippen molar-refractivity contribution in [1.82, 2.24) is 4.90 Å². The summed E-state index contributed by atoms with van der Waals surface area (Å²) in [7, 11) is 0. The molecule has 0 spiro atoms. The van der Waals surface area contributed by atoms with Crippen LogP contribution in [0.5, 0.6) is 0 Å². The number of aliphatic hydroxyl groups is 1. The minimum atomic E-state index is -2.63. The molecule has 18 heavy (non-hydrogen) atoms. The molecule has 100 valence electrons. The summed E-state index contributed by atoms with van der Waals surface area (Å²) in [4.78, 5) is 12.6. The highest BCUT2D eigenvalue weighted by Gasteiger charge is 2.17. The second-order valence-electron chi connectivity index (χ2n) is 3.86. The topological polar surface area (TPSA) is 52.6 Å². The van der Waals surface area contributed by atoms with Gasteiger partial charge in [-0.15, -0.1) is 0 Å². The monoisotopic (exact) mass is 258 g/mol. The summed E-state index contributed by atoms with van der Waals surface area (Å²) in [5.74, 6) is 0. The molecule has 6 heteroatoms. The number of rotatable bonds is 5. The number of anilines is 1. The lowest BCUT2D eigenvalue weighted by Crippen LogP contribution is -2.40. The molecule has 0 aromatic heterocycles. The molecule has 2 amide bonds. The van der Waals surface area contributed by atoms with Crippen molar-refractivity contribution in [2.24, 2.45) is 0 Å². The highest BCUT2D eigenvalue weighted by molar-refractivity contribution is 5.89. The Balaban J connectivity index is 2.66. The molecule has 0 saturated carbocycles. The van der Waals surface area contributed by atoms with E-state index in [0.29, 0.717) is 5.69 Å². The van der Waals surface area contributed by atoms with Crippen LogP contribution < -0.4 is 5.32 Å². The van der Waals surface area contributed by atoms with Crippen molar-refractivity contribution in [3.63, 3.8) is 0 Å². The molecule has 0 saturated heterocycles. The molecule has 0 aliphatic rings. The van der Waals surface area contributed by atoms with Crippen LogP contribution in [-0.4, -0.2) is 42.2 Å². The average molecular weight is 258 g/mol. The fourth-order valence-electron chi connectivity index (χ4n) is 1.49. The molecule has 0 heterocycles. The number of aliphatic hydroxyl groups excluding tert-OH is 1. The first-order valence-electron chi connectivity index (χ1n) is 5.54. The summed E-state index contributed by atoms with van der Waals surface area (Å²) in [6, 6.07) is 6.38. The van der Waals surface area contributed by atoms with Crippen LogP contribution >= 0.6 is 0 Å². The van der Waals surface area contributed by atoms with E-state index in [4.69, 9.17) is 5.11 Å². The Labute approximate surface area is 104 Å². The molecular weight excluding hydrogens is 242 g/mol. The van der Waals surface area contributed by atoms with E-state index in [2.05, 4.69) is 5.32 Å². The zero-order valence-corrected chi connectivity index (χ0v) is 10.1. The summed E-state index contributed by atoms with van der Waals surface area (Å²) in [6.45, 7) is 0.689. The maximum Gasteiger partial charge on any atom is 0.322 e. The van der Waals surface area contributed by atoms with Crippen LogP contribution in [0.4, 0.5) is 19.3 Å². The molecular formula is C12H16F2N2O2. The number of amides is 2. The minimum Gasteiger partial charge on any atom is -0.395 e. The van der Waals surface area contributed by atoms with E-state index in [9.17, 15) is 13.6 Å². The van der Waals surface area contributed by atoms with Gasteiger partial charge in [0.2, 0.25) is 0 Å². The Kier molecular flexibility index (Phi) is 5.51. The van der Waals surface area contributed by atoms with E-state index >= 15 is 0 Å². The van der Waals surface area contributed by atoms with Crippen molar-refractivity contribution in [2.45, 2.75) is 13.3 Å². The van der Waals surface area contributed by atoms with E-state index in [0.717, 1.165) is 10.5 Å². The zero-order valence-electron chi connectivity index (χ0n) is 10.1. The molecule has 0 fully saturated rings. The van der Waals surface area contributed by atoms with Crippen molar-refractivity contribution in [3.05, 3.63) is 29.8 Å². The summed E-state index contributed by atoms with van der Waals surface area (Å²) in [6.07, 6.45) is -2.63. The van der Waals surface area contributed by atoms with Crippen LogP contribution in [-0.2, 0) is 0 Å². The van der Waals surface area contributed by atoms with Crippen molar-refractivity contribution in [2.75, 3.05) is 25.0 Å². The van der Waals surface area contributed by atoms with Crippen LogP contribution in [0.2, 0.25) is 0 Å². The van der Waals surface area contributed by atoms with Gasteiger partial charge in [0.25, 0.3) is 6.43 Å². The number of urea groups is 1. The summed E-state index contributed by atoms with van der Waals surface area (Å²) in [5, 5.41) is 11.3. The molecule has 2 N–H and O–H groups in total. The minimum absolute atomic E-state index is 0.123. The fourth-order valence-corrected chi connectivity index (χ4v) is 1.49. The zero-order chi connectivity index (χ0) is 13.5. The molecule has 0 aliphatic carbocycles. The third kappa shape index (κ3) is 4.67. The summed E-state index contributed by atoms with van der Waals surface area (Å²) >= 11 is 0. The molecule has 1 aromatic carbocycles. The largest absolute Gasteiger partial charge is 0.395 e. The number of benzene rings is 1. The number of alkyl halides is 2. The SMILES string of the molecule is Cc1cccc(NC(=O)N(CCO)CC(F)F)c1. The maximum absolute atomic E-state index is 12.3. The van der Waals surface area contributed by atoms with Gasteiger partial charge >= 0.3 is 6.03 Å². The van der Waals surface area contributed by atoms with Crippen LogP contribution in [0, 0.1) is 6.92 Å². The van der Waals surface area contributed by atoms with Crippen molar-refractivity contribution in [3.8, 4) is 0 Å². The summed E-state index contributed by atoms with van der Waals surface area (Å²) < 4.78 is 24.5. The third-order valence-corrected chi connectivity index (χ3v) is 2.28. The highest BCUT2D eigenvalue weighted by Crippen LogP contribution is 2.11. The van der Waals surface area contributed by atoms with Crippen LogP contribution in [0.1, 0.15) is 5.56 Å². The van der Waals surface area contributed by atoms with Gasteiger partial charge in [0.15, 0.2) is 0 Å². The van der Waals surface area contributed by atoms with Gasteiger partial charge < -0.3 is 15.3 Å². The number of carbonyl (C=O) groups excluding carboxylic acids is 1. The Morgan fingerprint density at radius 3 is 2.78 bits per heavy atom. The van der Waals surface area contributed by atoms with Crippen LogP contribution in [0.25, 0.3) is 0 Å². The van der Waals surface area contributed by atoms with Gasteiger partial charge in [-0.1, -0.05) is 12.1 Å². The van der Waals surface area contributed by atoms with Crippen LogP contribution in [0.3, 0.4) is 0 Å². The Hall–Kier alpha value is -1.69. The number of nitrogens with zero attached hydrogens (tertiary/aromatic N) is 1. The Morgan fingerprint density at radius 2 is 2.22 bits per heavy atom. The maximum atomic E-state index is 12.3. The smallest absolute Gasteiger partial charge is 0.322 e. The first kappa shape index (κ1) is 14.4. The van der Waals surface area contributed by atoms with Gasteiger partial charge in [0, 0.05) is 12.2 Å². The number of aryl methyl sites for hydroxylation is 1. The number of nitrogens with one attached hydrogen (secondary N) is 1. The normalized spacial score (nSPS) is 10.5. The fraction of sp³-hybridized carbons (Fsp3) is 0.417. The first-order chi connectivity index (χ1) is 8.52. The number of hydrogen-bond donors (Lipinski definition) is 2. The molecule has 0 unspecified atom stereocenters. The number of hydrogen-bond acceptors (Lipinski definition) is 2. The van der Waals surface area contributed by atoms with E-state index < -0.39 is 19.0 Å². The van der Waals surface area contributed by atoms with Crippen molar-refractivity contribution >= 4 is 11.7 Å². The van der Waals surface area contributed by atoms with Crippen molar-refractivity contribution < 1.29 is 18.7 Å². The van der Waals surface area contributed by atoms with Crippen LogP contribution in [0.15, 0.2) is 24.3 Å². The van der Waals surface area contributed by atoms with Crippen molar-refractivity contribution in [1.29, 1.82) is 0 Å². The van der Waals surface area contributed by atoms with Gasteiger partial charge in [0.1, 0.15) is 0 Å². The first-order valence-corrected chi connectivity index (χ1v) is 5.54. The Bertz CT molecular complexity index is 399. The molecule has 0 aliphatic heterocycles. The molecule has 1 rings (SSSR count). The van der Waals surface area contributed by atoms with E-state index in [1.54, 1.807) is 18.2 Å². The predicted octanol–water partition coefficient (Wildman–Crippen LogP) is 2.09. The van der Waals surface area contributed by atoms with Gasteiger partial charge in [-0.3, -0.25) is 0 Å². The lowest BCUT2D eigenvalue weighted by Gasteiger charge is -2.21. The molecule has 0 bridgehead atoms. The number of carbonyl (C=O) groups is 1. The Morgan fingerprint density at radius 1 is 1.50 bits per heavy atom. The highest BCUT2D eigenvalue weighted by atomic mass is 19.3. The lowest BCUT2D eigenvalue weighted by molar-refractivity contribution is 0.0943. The van der Waals surface area contributed by atoms with Gasteiger partial charge in [-0.25, -0.2) is 13.6 Å². The number of halogens is 2. The van der Waals surface area contributed by atoms with Gasteiger partial charge in [0.05, 0.1) is 13.2 Å². The average Bonchev–Trinajstić information content (AvgIpc) is 2.27. The molecule has 4 nitrogen and oxygen atoms in total. The van der Waals surface area contributed by atoms with Gasteiger partial charge in [-0.05, 0) is 24.6 Å². The van der Waals surface area contributed by atoms with E-state index in [-0.39, 0.29) is 13.2 Å². The second kappa shape index (κ2) is 6.90. The molecule has 0 radical (unpaired) electrons. The third-order valence-electron chi connectivity index (χ3n) is 2.28. The molecule has 0 atom stereocenters. The van der Waals surface area contributed by atoms with Gasteiger partial charge in [-0.2, -0.15) is 0 Å². The second-order valence-corrected chi connectivity index (χ2v) is 3.86. The lowest BCUT2D eigenvalue weighted by atomic mass is 10.2.